The van der Waals surface area contributed by atoms with Crippen LogP contribution in [0.25, 0.3) is 0 Å². The molecule has 0 N–H and O–H groups in total. The van der Waals surface area contributed by atoms with E-state index in [1.807, 2.05) is 11.8 Å². The Morgan fingerprint density at radius 3 is 2.29 bits per heavy atom. The molecule has 1 heterocycles. The van der Waals surface area contributed by atoms with Crippen LogP contribution in [0.1, 0.15) is 32.3 Å². The third kappa shape index (κ3) is 2.84. The van der Waals surface area contributed by atoms with Crippen LogP contribution >= 0.6 is 11.8 Å². The van der Waals surface area contributed by atoms with Crippen molar-refractivity contribution in [3.63, 3.8) is 0 Å². The Kier molecular flexibility index (Phi) is 4.48. The summed E-state index contributed by atoms with van der Waals surface area (Å²) in [5.74, 6) is 0.680. The Bertz CT molecular complexity index is 342. The van der Waals surface area contributed by atoms with Gasteiger partial charge >= 0.3 is 0 Å². The molecule has 1 aliphatic rings. The Morgan fingerprint density at radius 2 is 1.76 bits per heavy atom. The molecule has 2 nitrogen and oxygen atoms in total. The third-order valence-corrected chi connectivity index (χ3v) is 4.20. The first-order valence-electron chi connectivity index (χ1n) is 6.32. The van der Waals surface area contributed by atoms with Crippen LogP contribution in [0.2, 0.25) is 0 Å². The van der Waals surface area contributed by atoms with Crippen molar-refractivity contribution in [1.29, 1.82) is 0 Å². The summed E-state index contributed by atoms with van der Waals surface area (Å²) in [5, 5.41) is 0. The molecule has 1 aliphatic heterocycles. The largest absolute Gasteiger partial charge is 0.343 e. The Labute approximate surface area is 108 Å². The SMILES string of the molecule is CCCSc1ccc(C2(CC)OCCO2)cc1. The van der Waals surface area contributed by atoms with E-state index in [4.69, 9.17) is 9.47 Å². The van der Waals surface area contributed by atoms with Crippen LogP contribution in [0.4, 0.5) is 0 Å². The summed E-state index contributed by atoms with van der Waals surface area (Å²) in [4.78, 5) is 1.32. The fourth-order valence-corrected chi connectivity index (χ4v) is 2.82. The van der Waals surface area contributed by atoms with Gasteiger partial charge in [-0.3, -0.25) is 0 Å². The smallest absolute Gasteiger partial charge is 0.194 e. The predicted molar refractivity (Wildman–Crippen MR) is 71.3 cm³/mol. The number of hydrogen-bond acceptors (Lipinski definition) is 3. The Morgan fingerprint density at radius 1 is 1.12 bits per heavy atom. The number of benzene rings is 1. The first-order chi connectivity index (χ1) is 8.30. The van der Waals surface area contributed by atoms with Gasteiger partial charge in [-0.15, -0.1) is 11.8 Å². The van der Waals surface area contributed by atoms with Gasteiger partial charge in [0, 0.05) is 16.9 Å². The molecule has 0 aromatic heterocycles. The minimum Gasteiger partial charge on any atom is -0.343 e. The maximum Gasteiger partial charge on any atom is 0.194 e. The second-order valence-electron chi connectivity index (χ2n) is 4.18. The highest BCUT2D eigenvalue weighted by molar-refractivity contribution is 7.99. The number of hydrogen-bond donors (Lipinski definition) is 0. The van der Waals surface area contributed by atoms with Gasteiger partial charge in [0.1, 0.15) is 0 Å². The van der Waals surface area contributed by atoms with Crippen LogP contribution in [0.15, 0.2) is 29.2 Å². The molecule has 2 rings (SSSR count). The molecule has 1 saturated heterocycles. The highest BCUT2D eigenvalue weighted by atomic mass is 32.2. The van der Waals surface area contributed by atoms with E-state index in [0.29, 0.717) is 13.2 Å². The molecule has 0 bridgehead atoms. The van der Waals surface area contributed by atoms with Gasteiger partial charge in [0.25, 0.3) is 0 Å². The monoisotopic (exact) mass is 252 g/mol. The summed E-state index contributed by atoms with van der Waals surface area (Å²) in [5.41, 5.74) is 1.14. The van der Waals surface area contributed by atoms with Crippen LogP contribution < -0.4 is 0 Å². The normalized spacial score (nSPS) is 18.5. The molecule has 0 saturated carbocycles. The number of ether oxygens (including phenoxy) is 2. The molecule has 1 aromatic rings. The molecule has 94 valence electrons. The van der Waals surface area contributed by atoms with E-state index in [9.17, 15) is 0 Å². The summed E-state index contributed by atoms with van der Waals surface area (Å²) in [6.45, 7) is 5.69. The average Bonchev–Trinajstić information content (AvgIpc) is 2.87. The van der Waals surface area contributed by atoms with Crippen molar-refractivity contribution in [2.75, 3.05) is 19.0 Å². The zero-order valence-corrected chi connectivity index (χ0v) is 11.4. The van der Waals surface area contributed by atoms with Gasteiger partial charge in [0.05, 0.1) is 13.2 Å². The fourth-order valence-electron chi connectivity index (χ4n) is 2.05. The Balaban J connectivity index is 2.11. The molecule has 1 fully saturated rings. The van der Waals surface area contributed by atoms with E-state index < -0.39 is 5.79 Å². The molecular weight excluding hydrogens is 232 g/mol. The third-order valence-electron chi connectivity index (χ3n) is 2.99. The predicted octanol–water partition coefficient (Wildman–Crippen LogP) is 3.80. The van der Waals surface area contributed by atoms with Gasteiger partial charge in [0.2, 0.25) is 0 Å². The first kappa shape index (κ1) is 12.9. The minimum absolute atomic E-state index is 0.492. The van der Waals surface area contributed by atoms with Crippen molar-refractivity contribution in [3.8, 4) is 0 Å². The second-order valence-corrected chi connectivity index (χ2v) is 5.34. The lowest BCUT2D eigenvalue weighted by Gasteiger charge is -2.26. The average molecular weight is 252 g/mol. The molecule has 17 heavy (non-hydrogen) atoms. The lowest BCUT2D eigenvalue weighted by atomic mass is 10.0. The van der Waals surface area contributed by atoms with Crippen molar-refractivity contribution < 1.29 is 9.47 Å². The van der Waals surface area contributed by atoms with Crippen LogP contribution in [-0.4, -0.2) is 19.0 Å². The van der Waals surface area contributed by atoms with Crippen molar-refractivity contribution in [2.24, 2.45) is 0 Å². The number of thioether (sulfide) groups is 1. The van der Waals surface area contributed by atoms with Crippen LogP contribution in [0.3, 0.4) is 0 Å². The van der Waals surface area contributed by atoms with Gasteiger partial charge in [0.15, 0.2) is 5.79 Å². The summed E-state index contributed by atoms with van der Waals surface area (Å²) < 4.78 is 11.5. The zero-order chi connectivity index (χ0) is 12.1. The summed E-state index contributed by atoms with van der Waals surface area (Å²) in [6, 6.07) is 8.59. The van der Waals surface area contributed by atoms with E-state index >= 15 is 0 Å². The van der Waals surface area contributed by atoms with Gasteiger partial charge in [-0.1, -0.05) is 26.0 Å². The van der Waals surface area contributed by atoms with Crippen LogP contribution in [0.5, 0.6) is 0 Å². The summed E-state index contributed by atoms with van der Waals surface area (Å²) >= 11 is 1.90. The lowest BCUT2D eigenvalue weighted by Crippen LogP contribution is -2.25. The van der Waals surface area contributed by atoms with Crippen molar-refractivity contribution in [1.82, 2.24) is 0 Å². The van der Waals surface area contributed by atoms with Crippen molar-refractivity contribution in [3.05, 3.63) is 29.8 Å². The molecule has 1 aromatic carbocycles. The van der Waals surface area contributed by atoms with E-state index in [1.54, 1.807) is 0 Å². The zero-order valence-electron chi connectivity index (χ0n) is 10.6. The Hall–Kier alpha value is -0.510. The number of rotatable bonds is 5. The van der Waals surface area contributed by atoms with E-state index in [2.05, 4.69) is 38.1 Å². The van der Waals surface area contributed by atoms with Crippen LogP contribution in [0, 0.1) is 0 Å². The van der Waals surface area contributed by atoms with Crippen molar-refractivity contribution in [2.45, 2.75) is 37.4 Å². The summed E-state index contributed by atoms with van der Waals surface area (Å²) in [6.07, 6.45) is 2.06. The van der Waals surface area contributed by atoms with Crippen LogP contribution in [-0.2, 0) is 15.3 Å². The summed E-state index contributed by atoms with van der Waals surface area (Å²) in [7, 11) is 0. The molecule has 0 spiro atoms. The van der Waals surface area contributed by atoms with Gasteiger partial charge in [-0.2, -0.15) is 0 Å². The molecule has 0 atom stereocenters. The molecule has 0 radical (unpaired) electrons. The maximum absolute atomic E-state index is 5.77. The van der Waals surface area contributed by atoms with E-state index in [0.717, 1.165) is 12.0 Å². The topological polar surface area (TPSA) is 18.5 Å². The standard InChI is InChI=1S/C14H20O2S/c1-3-11-17-13-7-5-12(6-8-13)14(4-2)15-9-10-16-14/h5-8H,3-4,9-11H2,1-2H3. The quantitative estimate of drug-likeness (QED) is 0.743. The van der Waals surface area contributed by atoms with E-state index in [-0.39, 0.29) is 0 Å². The highest BCUT2D eigenvalue weighted by Crippen LogP contribution is 2.35. The van der Waals surface area contributed by atoms with Gasteiger partial charge in [-0.25, -0.2) is 0 Å². The van der Waals surface area contributed by atoms with Gasteiger partial charge < -0.3 is 9.47 Å². The lowest BCUT2D eigenvalue weighted by molar-refractivity contribution is -0.167. The maximum atomic E-state index is 5.77. The minimum atomic E-state index is -0.492. The fraction of sp³-hybridized carbons (Fsp3) is 0.571. The van der Waals surface area contributed by atoms with Crippen molar-refractivity contribution >= 4 is 11.8 Å². The molecule has 0 amide bonds. The molecule has 0 aliphatic carbocycles. The first-order valence-corrected chi connectivity index (χ1v) is 7.30. The van der Waals surface area contributed by atoms with E-state index in [1.165, 1.54) is 17.1 Å². The molecular formula is C14H20O2S. The molecule has 3 heteroatoms. The van der Waals surface area contributed by atoms with Gasteiger partial charge in [-0.05, 0) is 24.3 Å². The second kappa shape index (κ2) is 5.89. The highest BCUT2D eigenvalue weighted by Gasteiger charge is 2.36. The molecule has 0 unspecified atom stereocenters.